The van der Waals surface area contributed by atoms with E-state index in [9.17, 15) is 4.79 Å². The third-order valence-electron chi connectivity index (χ3n) is 4.33. The summed E-state index contributed by atoms with van der Waals surface area (Å²) < 4.78 is 6.11. The summed E-state index contributed by atoms with van der Waals surface area (Å²) >= 11 is 0. The van der Waals surface area contributed by atoms with Crippen molar-refractivity contribution in [3.05, 3.63) is 35.9 Å². The Kier molecular flexibility index (Phi) is 4.42. The number of hydrogen-bond donors (Lipinski definition) is 0. The minimum atomic E-state index is -1.72. The molecule has 0 spiro atoms. The zero-order chi connectivity index (χ0) is 13.9. The van der Waals surface area contributed by atoms with Crippen LogP contribution in [0.1, 0.15) is 32.3 Å². The Balaban J connectivity index is 1.99. The van der Waals surface area contributed by atoms with Crippen molar-refractivity contribution in [2.45, 2.75) is 44.8 Å². The van der Waals surface area contributed by atoms with Crippen LogP contribution in [0.15, 0.2) is 30.3 Å². The molecule has 4 heteroatoms. The van der Waals surface area contributed by atoms with Gasteiger partial charge in [0.1, 0.15) is 0 Å². The number of carbonyl (C=O) groups excluding carboxylic acids is 1. The molecular formula is C15H23NO2Si. The lowest BCUT2D eigenvalue weighted by molar-refractivity contribution is -0.182. The van der Waals surface area contributed by atoms with Crippen molar-refractivity contribution in [3.8, 4) is 0 Å². The lowest BCUT2D eigenvalue weighted by Crippen LogP contribution is -2.56. The van der Waals surface area contributed by atoms with E-state index in [-0.39, 0.29) is 11.8 Å². The molecule has 1 heterocycles. The number of β-lactam (4-membered cyclic amide) rings is 1. The van der Waals surface area contributed by atoms with Gasteiger partial charge in [-0.2, -0.15) is 0 Å². The normalized spacial score (nSPS) is 19.4. The number of hydroxylamine groups is 2. The molecule has 1 amide bonds. The molecular weight excluding hydrogens is 254 g/mol. The first-order chi connectivity index (χ1) is 9.15. The number of amides is 1. The molecule has 1 aromatic carbocycles. The average Bonchev–Trinajstić information content (AvgIpc) is 2.48. The number of benzene rings is 1. The van der Waals surface area contributed by atoms with Gasteiger partial charge in [-0.25, -0.2) is 5.06 Å². The van der Waals surface area contributed by atoms with Crippen molar-refractivity contribution in [1.29, 1.82) is 0 Å². The monoisotopic (exact) mass is 277 g/mol. The van der Waals surface area contributed by atoms with E-state index in [2.05, 4.69) is 20.8 Å². The average molecular weight is 277 g/mol. The van der Waals surface area contributed by atoms with Crippen LogP contribution in [0, 0.1) is 0 Å². The minimum Gasteiger partial charge on any atom is -0.317 e. The Morgan fingerprint density at radius 1 is 1.16 bits per heavy atom. The molecule has 1 saturated heterocycles. The second-order valence-corrected chi connectivity index (χ2v) is 9.87. The van der Waals surface area contributed by atoms with Crippen LogP contribution in [-0.2, 0) is 9.32 Å². The highest BCUT2D eigenvalue weighted by atomic mass is 28.4. The van der Waals surface area contributed by atoms with Gasteiger partial charge >= 0.3 is 0 Å². The molecule has 104 valence electrons. The van der Waals surface area contributed by atoms with Gasteiger partial charge < -0.3 is 4.53 Å². The van der Waals surface area contributed by atoms with E-state index in [4.69, 9.17) is 4.53 Å². The van der Waals surface area contributed by atoms with Gasteiger partial charge in [-0.3, -0.25) is 4.79 Å². The zero-order valence-corrected chi connectivity index (χ0v) is 13.1. The Morgan fingerprint density at radius 2 is 1.74 bits per heavy atom. The molecule has 0 bridgehead atoms. The van der Waals surface area contributed by atoms with Gasteiger partial charge in [0, 0.05) is 0 Å². The van der Waals surface area contributed by atoms with Crippen molar-refractivity contribution in [2.75, 3.05) is 6.54 Å². The second-order valence-electron chi connectivity index (χ2n) is 5.20. The van der Waals surface area contributed by atoms with Crippen molar-refractivity contribution in [2.24, 2.45) is 0 Å². The van der Waals surface area contributed by atoms with Crippen LogP contribution in [0.25, 0.3) is 0 Å². The van der Waals surface area contributed by atoms with Crippen LogP contribution in [0.5, 0.6) is 0 Å². The van der Waals surface area contributed by atoms with Crippen molar-refractivity contribution < 1.29 is 9.32 Å². The van der Waals surface area contributed by atoms with E-state index in [1.54, 1.807) is 5.06 Å². The van der Waals surface area contributed by atoms with Gasteiger partial charge in [0.05, 0.1) is 12.5 Å². The number of nitrogens with zero attached hydrogens (tertiary/aromatic N) is 1. The first-order valence-electron chi connectivity index (χ1n) is 7.21. The number of hydrogen-bond acceptors (Lipinski definition) is 2. The summed E-state index contributed by atoms with van der Waals surface area (Å²) in [5, 5.41) is 1.61. The SMILES string of the molecule is CC[Si](CC)(CC)ON1CC(c2ccccc2)C1=O. The van der Waals surface area contributed by atoms with Crippen LogP contribution in [0.2, 0.25) is 18.1 Å². The van der Waals surface area contributed by atoms with E-state index in [1.165, 1.54) is 0 Å². The van der Waals surface area contributed by atoms with E-state index in [0.29, 0.717) is 6.54 Å². The molecule has 0 aromatic heterocycles. The van der Waals surface area contributed by atoms with Gasteiger partial charge in [-0.1, -0.05) is 51.1 Å². The second kappa shape index (κ2) is 5.88. The topological polar surface area (TPSA) is 29.5 Å². The molecule has 3 nitrogen and oxygen atoms in total. The van der Waals surface area contributed by atoms with Gasteiger partial charge in [-0.15, -0.1) is 0 Å². The highest BCUT2D eigenvalue weighted by molar-refractivity contribution is 6.73. The fourth-order valence-corrected chi connectivity index (χ4v) is 5.11. The molecule has 1 atom stereocenters. The van der Waals surface area contributed by atoms with Gasteiger partial charge in [0.2, 0.25) is 8.32 Å². The molecule has 1 unspecified atom stereocenters. The standard InChI is InChI=1S/C15H23NO2Si/c1-4-19(5-2,6-3)18-16-12-14(15(16)17)13-10-8-7-9-11-13/h7-11,14H,4-6,12H2,1-3H3. The molecule has 0 aliphatic carbocycles. The summed E-state index contributed by atoms with van der Waals surface area (Å²) in [4.78, 5) is 12.2. The molecule has 1 aliphatic rings. The summed E-state index contributed by atoms with van der Waals surface area (Å²) in [7, 11) is -1.72. The first-order valence-corrected chi connectivity index (χ1v) is 9.74. The van der Waals surface area contributed by atoms with Crippen LogP contribution in [-0.4, -0.2) is 25.8 Å². The van der Waals surface area contributed by atoms with Crippen LogP contribution >= 0.6 is 0 Å². The first kappa shape index (κ1) is 14.3. The van der Waals surface area contributed by atoms with E-state index < -0.39 is 8.32 Å². The lowest BCUT2D eigenvalue weighted by Gasteiger charge is -2.43. The smallest absolute Gasteiger partial charge is 0.254 e. The Bertz CT molecular complexity index is 423. The largest absolute Gasteiger partial charge is 0.317 e. The molecule has 0 radical (unpaired) electrons. The van der Waals surface area contributed by atoms with E-state index >= 15 is 0 Å². The Labute approximate surface area is 116 Å². The van der Waals surface area contributed by atoms with Gasteiger partial charge in [-0.05, 0) is 23.7 Å². The summed E-state index contributed by atoms with van der Waals surface area (Å²) in [5.74, 6) is 0.122. The van der Waals surface area contributed by atoms with Crippen molar-refractivity contribution in [1.82, 2.24) is 5.06 Å². The maximum Gasteiger partial charge on any atom is 0.254 e. The fraction of sp³-hybridized carbons (Fsp3) is 0.533. The highest BCUT2D eigenvalue weighted by Gasteiger charge is 2.43. The zero-order valence-electron chi connectivity index (χ0n) is 12.1. The van der Waals surface area contributed by atoms with Crippen LogP contribution in [0.3, 0.4) is 0 Å². The quantitative estimate of drug-likeness (QED) is 0.588. The van der Waals surface area contributed by atoms with Crippen molar-refractivity contribution in [3.63, 3.8) is 0 Å². The van der Waals surface area contributed by atoms with Crippen LogP contribution in [0.4, 0.5) is 0 Å². The lowest BCUT2D eigenvalue weighted by atomic mass is 9.92. The molecule has 19 heavy (non-hydrogen) atoms. The summed E-state index contributed by atoms with van der Waals surface area (Å²) in [6, 6.07) is 13.2. The highest BCUT2D eigenvalue weighted by Crippen LogP contribution is 2.32. The third-order valence-corrected chi connectivity index (χ3v) is 8.80. The van der Waals surface area contributed by atoms with Crippen LogP contribution < -0.4 is 0 Å². The summed E-state index contributed by atoms with van der Waals surface area (Å²) in [6.07, 6.45) is 0. The maximum absolute atomic E-state index is 12.2. The van der Waals surface area contributed by atoms with Gasteiger partial charge in [0.15, 0.2) is 0 Å². The summed E-state index contributed by atoms with van der Waals surface area (Å²) in [5.41, 5.74) is 1.10. The van der Waals surface area contributed by atoms with Gasteiger partial charge in [0.25, 0.3) is 5.91 Å². The number of carbonyl (C=O) groups is 1. The molecule has 2 rings (SSSR count). The third kappa shape index (κ3) is 2.74. The van der Waals surface area contributed by atoms with E-state index in [1.807, 2.05) is 30.3 Å². The summed E-state index contributed by atoms with van der Waals surface area (Å²) in [6.45, 7) is 7.24. The minimum absolute atomic E-state index is 0.00142. The van der Waals surface area contributed by atoms with Crippen molar-refractivity contribution >= 4 is 14.2 Å². The maximum atomic E-state index is 12.2. The Morgan fingerprint density at radius 3 is 2.21 bits per heavy atom. The molecule has 0 saturated carbocycles. The molecule has 1 fully saturated rings. The molecule has 1 aliphatic heterocycles. The predicted octanol–water partition coefficient (Wildman–Crippen LogP) is 3.55. The number of rotatable bonds is 6. The fourth-order valence-electron chi connectivity index (χ4n) is 2.59. The Hall–Kier alpha value is -1.13. The van der Waals surface area contributed by atoms with E-state index in [0.717, 1.165) is 23.7 Å². The predicted molar refractivity (Wildman–Crippen MR) is 79.2 cm³/mol. The molecule has 0 N–H and O–H groups in total. The molecule has 1 aromatic rings.